The van der Waals surface area contributed by atoms with Crippen molar-refractivity contribution in [1.82, 2.24) is 0 Å². The van der Waals surface area contributed by atoms with Crippen molar-refractivity contribution < 1.29 is 0 Å². The van der Waals surface area contributed by atoms with Gasteiger partial charge in [0.05, 0.1) is 0 Å². The van der Waals surface area contributed by atoms with E-state index in [0.717, 1.165) is 6.42 Å². The summed E-state index contributed by atoms with van der Waals surface area (Å²) < 4.78 is 0. The Hall–Kier alpha value is -1.60. The number of hydrogen-bond donors (Lipinski definition) is 1. The van der Waals surface area contributed by atoms with Gasteiger partial charge in [-0.1, -0.05) is 61.9 Å². The van der Waals surface area contributed by atoms with E-state index in [1.807, 2.05) is 0 Å². The predicted molar refractivity (Wildman–Crippen MR) is 86.9 cm³/mol. The van der Waals surface area contributed by atoms with Crippen molar-refractivity contribution in [3.8, 4) is 0 Å². The maximum atomic E-state index is 6.35. The molecule has 1 atom stereocenters. The highest BCUT2D eigenvalue weighted by atomic mass is 14.6. The third-order valence-corrected chi connectivity index (χ3v) is 3.93. The Morgan fingerprint density at radius 1 is 1.00 bits per heavy atom. The lowest BCUT2D eigenvalue weighted by atomic mass is 9.95. The number of nitrogens with two attached hydrogens (primary N) is 1. The summed E-state index contributed by atoms with van der Waals surface area (Å²) in [5.41, 5.74) is 11.7. The van der Waals surface area contributed by atoms with Crippen LogP contribution in [0, 0.1) is 6.92 Å². The summed E-state index contributed by atoms with van der Waals surface area (Å²) in [4.78, 5) is 0. The molecule has 1 heteroatoms. The van der Waals surface area contributed by atoms with Crippen molar-refractivity contribution in [2.45, 2.75) is 45.6 Å². The second-order valence-electron chi connectivity index (χ2n) is 5.58. The van der Waals surface area contributed by atoms with Gasteiger partial charge in [0, 0.05) is 6.04 Å². The molecule has 1 nitrogen and oxygen atoms in total. The Morgan fingerprint density at radius 3 is 2.35 bits per heavy atom. The fourth-order valence-corrected chi connectivity index (χ4v) is 2.51. The molecule has 0 bridgehead atoms. The minimum absolute atomic E-state index is 0.0799. The van der Waals surface area contributed by atoms with E-state index < -0.39 is 0 Å². The quantitative estimate of drug-likeness (QED) is 0.814. The van der Waals surface area contributed by atoms with Crippen molar-refractivity contribution in [3.63, 3.8) is 0 Å². The summed E-state index contributed by atoms with van der Waals surface area (Å²) in [6.45, 7) is 4.38. The molecular weight excluding hydrogens is 242 g/mol. The number of benzene rings is 2. The molecule has 0 saturated heterocycles. The summed E-state index contributed by atoms with van der Waals surface area (Å²) in [7, 11) is 0. The van der Waals surface area contributed by atoms with Gasteiger partial charge in [0.2, 0.25) is 0 Å². The Kier molecular flexibility index (Phi) is 5.37. The molecule has 0 radical (unpaired) electrons. The second kappa shape index (κ2) is 7.25. The molecule has 106 valence electrons. The van der Waals surface area contributed by atoms with Gasteiger partial charge in [-0.15, -0.1) is 0 Å². The maximum absolute atomic E-state index is 6.35. The largest absolute Gasteiger partial charge is 0.324 e. The van der Waals surface area contributed by atoms with Gasteiger partial charge in [0.1, 0.15) is 0 Å². The highest BCUT2D eigenvalue weighted by Crippen LogP contribution is 2.19. The van der Waals surface area contributed by atoms with Crippen LogP contribution in [0.3, 0.4) is 0 Å². The van der Waals surface area contributed by atoms with Crippen molar-refractivity contribution in [1.29, 1.82) is 0 Å². The molecule has 0 heterocycles. The Morgan fingerprint density at radius 2 is 1.70 bits per heavy atom. The van der Waals surface area contributed by atoms with Crippen LogP contribution in [0.15, 0.2) is 48.5 Å². The lowest BCUT2D eigenvalue weighted by molar-refractivity contribution is 0.717. The Balaban J connectivity index is 2.02. The van der Waals surface area contributed by atoms with Gasteiger partial charge in [0.25, 0.3) is 0 Å². The molecule has 0 aliphatic heterocycles. The van der Waals surface area contributed by atoms with Gasteiger partial charge >= 0.3 is 0 Å². The molecule has 0 aliphatic carbocycles. The molecule has 2 N–H and O–H groups in total. The number of hydrogen-bond acceptors (Lipinski definition) is 1. The van der Waals surface area contributed by atoms with Gasteiger partial charge in [0.15, 0.2) is 0 Å². The van der Waals surface area contributed by atoms with Crippen molar-refractivity contribution in [2.24, 2.45) is 5.73 Å². The maximum Gasteiger partial charge on any atom is 0.0335 e. The average Bonchev–Trinajstić information content (AvgIpc) is 2.48. The summed E-state index contributed by atoms with van der Waals surface area (Å²) >= 11 is 0. The van der Waals surface area contributed by atoms with Crippen LogP contribution in [0.2, 0.25) is 0 Å². The van der Waals surface area contributed by atoms with Gasteiger partial charge in [-0.2, -0.15) is 0 Å². The van der Waals surface area contributed by atoms with Crippen LogP contribution in [0.5, 0.6) is 0 Å². The second-order valence-corrected chi connectivity index (χ2v) is 5.58. The van der Waals surface area contributed by atoms with Crippen LogP contribution in [-0.2, 0) is 12.8 Å². The highest BCUT2D eigenvalue weighted by molar-refractivity contribution is 5.30. The third kappa shape index (κ3) is 3.94. The van der Waals surface area contributed by atoms with E-state index in [0.29, 0.717) is 0 Å². The fraction of sp³-hybridized carbons (Fsp3) is 0.368. The summed E-state index contributed by atoms with van der Waals surface area (Å²) in [6.07, 6.45) is 4.58. The van der Waals surface area contributed by atoms with Gasteiger partial charge in [-0.05, 0) is 48.4 Å². The zero-order chi connectivity index (χ0) is 14.4. The minimum atomic E-state index is 0.0799. The van der Waals surface area contributed by atoms with Crippen molar-refractivity contribution in [3.05, 3.63) is 70.8 Å². The van der Waals surface area contributed by atoms with Crippen LogP contribution in [0.4, 0.5) is 0 Å². The molecule has 0 aliphatic rings. The first-order valence-corrected chi connectivity index (χ1v) is 7.59. The molecule has 2 rings (SSSR count). The van der Waals surface area contributed by atoms with E-state index in [-0.39, 0.29) is 6.04 Å². The smallest absolute Gasteiger partial charge is 0.0335 e. The van der Waals surface area contributed by atoms with E-state index in [1.165, 1.54) is 41.5 Å². The molecule has 0 fully saturated rings. The van der Waals surface area contributed by atoms with Crippen LogP contribution in [-0.4, -0.2) is 0 Å². The molecule has 0 saturated carbocycles. The lowest BCUT2D eigenvalue weighted by Gasteiger charge is -2.14. The fourth-order valence-electron chi connectivity index (χ4n) is 2.51. The van der Waals surface area contributed by atoms with Crippen molar-refractivity contribution in [2.75, 3.05) is 0 Å². The molecule has 0 amide bonds. The van der Waals surface area contributed by atoms with E-state index in [9.17, 15) is 0 Å². The third-order valence-electron chi connectivity index (χ3n) is 3.93. The zero-order valence-electron chi connectivity index (χ0n) is 12.6. The molecule has 1 unspecified atom stereocenters. The summed E-state index contributed by atoms with van der Waals surface area (Å²) in [5.74, 6) is 0. The Labute approximate surface area is 122 Å². The SMILES string of the molecule is CCCCc1ccc(C(N)Cc2ccccc2C)cc1. The summed E-state index contributed by atoms with van der Waals surface area (Å²) in [6, 6.07) is 17.4. The normalized spacial score (nSPS) is 12.3. The highest BCUT2D eigenvalue weighted by Gasteiger charge is 2.08. The molecule has 2 aromatic rings. The Bertz CT molecular complexity index is 528. The van der Waals surface area contributed by atoms with Crippen molar-refractivity contribution >= 4 is 0 Å². The van der Waals surface area contributed by atoms with E-state index in [1.54, 1.807) is 0 Å². The monoisotopic (exact) mass is 267 g/mol. The van der Waals surface area contributed by atoms with E-state index in [2.05, 4.69) is 62.4 Å². The first kappa shape index (κ1) is 14.8. The lowest BCUT2D eigenvalue weighted by Crippen LogP contribution is -2.14. The molecular formula is C19H25N. The molecule has 0 spiro atoms. The first-order valence-electron chi connectivity index (χ1n) is 7.59. The number of aryl methyl sites for hydroxylation is 2. The molecule has 2 aromatic carbocycles. The molecule has 0 aromatic heterocycles. The standard InChI is InChI=1S/C19H25N/c1-3-4-8-16-10-12-17(13-11-16)19(20)14-18-9-6-5-7-15(18)2/h5-7,9-13,19H,3-4,8,14,20H2,1-2H3. The average molecular weight is 267 g/mol. The van der Waals surface area contributed by atoms with Gasteiger partial charge in [-0.3, -0.25) is 0 Å². The first-order chi connectivity index (χ1) is 9.70. The van der Waals surface area contributed by atoms with Gasteiger partial charge < -0.3 is 5.73 Å². The minimum Gasteiger partial charge on any atom is -0.324 e. The topological polar surface area (TPSA) is 26.0 Å². The van der Waals surface area contributed by atoms with Crippen LogP contribution < -0.4 is 5.73 Å². The van der Waals surface area contributed by atoms with Crippen LogP contribution in [0.25, 0.3) is 0 Å². The van der Waals surface area contributed by atoms with Gasteiger partial charge in [-0.25, -0.2) is 0 Å². The summed E-state index contributed by atoms with van der Waals surface area (Å²) in [5, 5.41) is 0. The van der Waals surface area contributed by atoms with Crippen LogP contribution >= 0.6 is 0 Å². The number of unbranched alkanes of at least 4 members (excludes halogenated alkanes) is 1. The zero-order valence-corrected chi connectivity index (χ0v) is 12.6. The van der Waals surface area contributed by atoms with E-state index >= 15 is 0 Å². The number of rotatable bonds is 6. The van der Waals surface area contributed by atoms with E-state index in [4.69, 9.17) is 5.73 Å². The molecule has 20 heavy (non-hydrogen) atoms. The predicted octanol–water partition coefficient (Wildman–Crippen LogP) is 4.58. The van der Waals surface area contributed by atoms with Crippen LogP contribution in [0.1, 0.15) is 48.1 Å².